The Bertz CT molecular complexity index is 525. The molecule has 0 saturated carbocycles. The van der Waals surface area contributed by atoms with Crippen LogP contribution in [0.25, 0.3) is 10.1 Å². The third kappa shape index (κ3) is 1.26. The van der Waals surface area contributed by atoms with Gasteiger partial charge in [-0.15, -0.1) is 23.1 Å². The van der Waals surface area contributed by atoms with Gasteiger partial charge in [0.05, 0.1) is 4.70 Å². The molecule has 1 heterocycles. The summed E-state index contributed by atoms with van der Waals surface area (Å²) in [5.41, 5.74) is 0.382. The standard InChI is InChI=1S/C10H7NOS2/c1-13-9-5-14-10-6(9)2-3-8(12)7(10)4-11/h2-3,5,12H,1H3. The molecule has 14 heavy (non-hydrogen) atoms. The van der Waals surface area contributed by atoms with E-state index in [1.54, 1.807) is 17.8 Å². The fourth-order valence-electron chi connectivity index (χ4n) is 1.33. The van der Waals surface area contributed by atoms with Crippen molar-refractivity contribution in [3.05, 3.63) is 23.1 Å². The highest BCUT2D eigenvalue weighted by Crippen LogP contribution is 2.37. The zero-order valence-electron chi connectivity index (χ0n) is 7.44. The lowest BCUT2D eigenvalue weighted by Gasteiger charge is -1.98. The number of rotatable bonds is 1. The molecule has 0 saturated heterocycles. The van der Waals surface area contributed by atoms with Crippen LogP contribution in [-0.4, -0.2) is 11.4 Å². The highest BCUT2D eigenvalue weighted by Gasteiger charge is 2.10. The van der Waals surface area contributed by atoms with Gasteiger partial charge >= 0.3 is 0 Å². The smallest absolute Gasteiger partial charge is 0.134 e. The second kappa shape index (κ2) is 3.52. The lowest BCUT2D eigenvalue weighted by Crippen LogP contribution is -1.76. The first kappa shape index (κ1) is 9.38. The van der Waals surface area contributed by atoms with Gasteiger partial charge in [-0.1, -0.05) is 0 Å². The summed E-state index contributed by atoms with van der Waals surface area (Å²) in [6.07, 6.45) is 2.00. The van der Waals surface area contributed by atoms with Crippen LogP contribution in [0, 0.1) is 11.3 Å². The van der Waals surface area contributed by atoms with Gasteiger partial charge in [0.2, 0.25) is 0 Å². The average Bonchev–Trinajstić information content (AvgIpc) is 2.60. The Labute approximate surface area is 89.8 Å². The molecule has 0 bridgehead atoms. The third-order valence-corrected chi connectivity index (χ3v) is 3.96. The molecule has 0 fully saturated rings. The van der Waals surface area contributed by atoms with Gasteiger partial charge in [-0.3, -0.25) is 0 Å². The second-order valence-corrected chi connectivity index (χ2v) is 4.48. The predicted octanol–water partition coefficient (Wildman–Crippen LogP) is 3.20. The first-order valence-electron chi connectivity index (χ1n) is 3.95. The summed E-state index contributed by atoms with van der Waals surface area (Å²) in [5, 5.41) is 21.4. The van der Waals surface area contributed by atoms with E-state index < -0.39 is 0 Å². The summed E-state index contributed by atoms with van der Waals surface area (Å²) in [5.74, 6) is 0.0644. The quantitative estimate of drug-likeness (QED) is 0.752. The second-order valence-electron chi connectivity index (χ2n) is 2.75. The van der Waals surface area contributed by atoms with E-state index in [4.69, 9.17) is 5.26 Å². The number of thioether (sulfide) groups is 1. The Kier molecular flexibility index (Phi) is 2.36. The van der Waals surface area contributed by atoms with E-state index in [9.17, 15) is 5.11 Å². The molecule has 70 valence electrons. The first-order valence-corrected chi connectivity index (χ1v) is 6.05. The van der Waals surface area contributed by atoms with Crippen molar-refractivity contribution < 1.29 is 5.11 Å². The highest BCUT2D eigenvalue weighted by atomic mass is 32.2. The average molecular weight is 221 g/mol. The molecule has 0 spiro atoms. The van der Waals surface area contributed by atoms with Crippen LogP contribution in [0.4, 0.5) is 0 Å². The monoisotopic (exact) mass is 221 g/mol. The van der Waals surface area contributed by atoms with E-state index in [1.165, 1.54) is 11.3 Å². The van der Waals surface area contributed by atoms with Gasteiger partial charge in [0.25, 0.3) is 0 Å². The number of thiophene rings is 1. The normalized spacial score (nSPS) is 10.3. The fraction of sp³-hybridized carbons (Fsp3) is 0.100. The van der Waals surface area contributed by atoms with Crippen molar-refractivity contribution in [2.75, 3.05) is 6.26 Å². The van der Waals surface area contributed by atoms with Crippen molar-refractivity contribution >= 4 is 33.2 Å². The Balaban J connectivity index is 2.85. The van der Waals surface area contributed by atoms with Gasteiger partial charge in [-0.05, 0) is 18.4 Å². The molecule has 2 rings (SSSR count). The largest absolute Gasteiger partial charge is 0.507 e. The summed E-state index contributed by atoms with van der Waals surface area (Å²) in [6, 6.07) is 5.46. The van der Waals surface area contributed by atoms with Crippen LogP contribution in [0.15, 0.2) is 22.4 Å². The SMILES string of the molecule is CSc1csc2c(C#N)c(O)ccc12. The van der Waals surface area contributed by atoms with Gasteiger partial charge in [0, 0.05) is 15.7 Å². The number of nitrogens with zero attached hydrogens (tertiary/aromatic N) is 1. The van der Waals surface area contributed by atoms with Crippen molar-refractivity contribution in [3.8, 4) is 11.8 Å². The summed E-state index contributed by atoms with van der Waals surface area (Å²) in [7, 11) is 0. The van der Waals surface area contributed by atoms with Crippen LogP contribution in [0.2, 0.25) is 0 Å². The Hall–Kier alpha value is -1.18. The number of hydrogen-bond acceptors (Lipinski definition) is 4. The topological polar surface area (TPSA) is 44.0 Å². The van der Waals surface area contributed by atoms with E-state index in [2.05, 4.69) is 0 Å². The molecule has 0 aliphatic rings. The van der Waals surface area contributed by atoms with Crippen molar-refractivity contribution in [2.45, 2.75) is 4.90 Å². The van der Waals surface area contributed by atoms with E-state index in [0.717, 1.165) is 15.0 Å². The number of nitriles is 1. The maximum absolute atomic E-state index is 9.47. The summed E-state index contributed by atoms with van der Waals surface area (Å²) in [6.45, 7) is 0. The number of phenolic OH excluding ortho intramolecular Hbond substituents is 1. The Morgan fingerprint density at radius 1 is 1.50 bits per heavy atom. The van der Waals surface area contributed by atoms with Gasteiger partial charge in [0.15, 0.2) is 0 Å². The summed E-state index contributed by atoms with van der Waals surface area (Å²) < 4.78 is 0.872. The molecule has 0 aliphatic heterocycles. The first-order chi connectivity index (χ1) is 6.77. The molecular weight excluding hydrogens is 214 g/mol. The molecule has 4 heteroatoms. The molecule has 2 nitrogen and oxygen atoms in total. The molecule has 1 aromatic carbocycles. The number of hydrogen-bond donors (Lipinski definition) is 1. The number of benzene rings is 1. The van der Waals surface area contributed by atoms with Crippen molar-refractivity contribution in [2.24, 2.45) is 0 Å². The highest BCUT2D eigenvalue weighted by molar-refractivity contribution is 7.99. The number of fused-ring (bicyclic) bond motifs is 1. The van der Waals surface area contributed by atoms with Crippen molar-refractivity contribution in [3.63, 3.8) is 0 Å². The molecular formula is C10H7NOS2. The Morgan fingerprint density at radius 2 is 2.29 bits per heavy atom. The van der Waals surface area contributed by atoms with E-state index in [0.29, 0.717) is 5.56 Å². The van der Waals surface area contributed by atoms with Gasteiger partial charge < -0.3 is 5.11 Å². The number of aromatic hydroxyl groups is 1. The minimum atomic E-state index is 0.0644. The molecule has 1 aromatic heterocycles. The maximum Gasteiger partial charge on any atom is 0.134 e. The van der Waals surface area contributed by atoms with Crippen molar-refractivity contribution in [1.29, 1.82) is 5.26 Å². The van der Waals surface area contributed by atoms with Crippen LogP contribution in [0.5, 0.6) is 5.75 Å². The maximum atomic E-state index is 9.47. The van der Waals surface area contributed by atoms with Gasteiger partial charge in [-0.25, -0.2) is 0 Å². The van der Waals surface area contributed by atoms with Crippen LogP contribution in [0.1, 0.15) is 5.56 Å². The predicted molar refractivity (Wildman–Crippen MR) is 60.0 cm³/mol. The third-order valence-electron chi connectivity index (χ3n) is 2.02. The zero-order valence-corrected chi connectivity index (χ0v) is 9.08. The lowest BCUT2D eigenvalue weighted by molar-refractivity contribution is 0.474. The molecule has 2 aromatic rings. The molecule has 1 N–H and O–H groups in total. The summed E-state index contributed by atoms with van der Waals surface area (Å²) in [4.78, 5) is 1.15. The Morgan fingerprint density at radius 3 is 2.93 bits per heavy atom. The summed E-state index contributed by atoms with van der Waals surface area (Å²) >= 11 is 3.15. The lowest BCUT2D eigenvalue weighted by atomic mass is 10.1. The fourth-order valence-corrected chi connectivity index (χ4v) is 3.24. The zero-order chi connectivity index (χ0) is 10.1. The van der Waals surface area contributed by atoms with E-state index in [1.807, 2.05) is 23.8 Å². The molecule has 0 amide bonds. The van der Waals surface area contributed by atoms with Crippen LogP contribution < -0.4 is 0 Å². The van der Waals surface area contributed by atoms with Crippen LogP contribution in [-0.2, 0) is 0 Å². The van der Waals surface area contributed by atoms with Crippen LogP contribution in [0.3, 0.4) is 0 Å². The molecule has 0 aliphatic carbocycles. The number of phenols is 1. The molecule has 0 unspecified atom stereocenters. The van der Waals surface area contributed by atoms with Crippen LogP contribution >= 0.6 is 23.1 Å². The van der Waals surface area contributed by atoms with E-state index >= 15 is 0 Å². The molecule has 0 radical (unpaired) electrons. The van der Waals surface area contributed by atoms with Crippen molar-refractivity contribution in [1.82, 2.24) is 0 Å². The van der Waals surface area contributed by atoms with E-state index in [-0.39, 0.29) is 5.75 Å². The minimum Gasteiger partial charge on any atom is -0.507 e. The minimum absolute atomic E-state index is 0.0644. The van der Waals surface area contributed by atoms with Gasteiger partial charge in [0.1, 0.15) is 17.4 Å². The molecule has 0 atom stereocenters. The van der Waals surface area contributed by atoms with Gasteiger partial charge in [-0.2, -0.15) is 5.26 Å².